The fourth-order valence-electron chi connectivity index (χ4n) is 3.03. The highest BCUT2D eigenvalue weighted by molar-refractivity contribution is 9.10. The fraction of sp³-hybridized carbons (Fsp3) is 0.182. The number of aryl methyl sites for hydroxylation is 2. The Morgan fingerprint density at radius 3 is 2.47 bits per heavy atom. The van der Waals surface area contributed by atoms with E-state index in [4.69, 9.17) is 9.84 Å². The van der Waals surface area contributed by atoms with Crippen molar-refractivity contribution in [3.05, 3.63) is 96.9 Å². The lowest BCUT2D eigenvalue weighted by atomic mass is 10.0. The zero-order chi connectivity index (χ0) is 21.8. The number of hydrogen-bond donors (Lipinski definition) is 2. The molecule has 3 aromatic rings. The monoisotopic (exact) mass is 477 g/mol. The van der Waals surface area contributed by atoms with E-state index in [2.05, 4.69) is 20.9 Å². The number of aromatic carboxylic acids is 1. The van der Waals surface area contributed by atoms with Crippen molar-refractivity contribution in [3.63, 3.8) is 0 Å². The third-order valence-corrected chi connectivity index (χ3v) is 5.40. The molecule has 5 nitrogen and oxygen atoms in total. The molecular weight excluding hydrogens is 460 g/mol. The SMILES string of the molecule is Cc1[nH]c(=O)c(Br)c(OCc2ccc(F)cc2F)c1CCc1ccc(C(=O)O)cc1. The van der Waals surface area contributed by atoms with Crippen molar-refractivity contribution in [2.24, 2.45) is 0 Å². The second-order valence-corrected chi connectivity index (χ2v) is 7.52. The number of carbonyl (C=O) groups is 1. The lowest BCUT2D eigenvalue weighted by Crippen LogP contribution is -2.15. The van der Waals surface area contributed by atoms with Crippen molar-refractivity contribution >= 4 is 21.9 Å². The van der Waals surface area contributed by atoms with E-state index >= 15 is 0 Å². The molecule has 0 aliphatic rings. The first kappa shape index (κ1) is 21.7. The molecule has 0 bridgehead atoms. The average Bonchev–Trinajstić information content (AvgIpc) is 2.70. The molecule has 2 aromatic carbocycles. The van der Waals surface area contributed by atoms with Crippen LogP contribution in [0.15, 0.2) is 51.7 Å². The molecule has 1 heterocycles. The lowest BCUT2D eigenvalue weighted by molar-refractivity contribution is 0.0697. The van der Waals surface area contributed by atoms with Crippen molar-refractivity contribution in [3.8, 4) is 5.75 Å². The number of nitrogens with one attached hydrogen (secondary N) is 1. The number of aromatic amines is 1. The molecule has 0 unspecified atom stereocenters. The molecule has 0 amide bonds. The van der Waals surface area contributed by atoms with Crippen molar-refractivity contribution < 1.29 is 23.4 Å². The van der Waals surface area contributed by atoms with E-state index < -0.39 is 17.6 Å². The maximum Gasteiger partial charge on any atom is 0.335 e. The van der Waals surface area contributed by atoms with Gasteiger partial charge in [-0.05, 0) is 65.5 Å². The number of benzene rings is 2. The Bertz CT molecular complexity index is 1140. The van der Waals surface area contributed by atoms with Crippen LogP contribution in [0.5, 0.6) is 5.75 Å². The highest BCUT2D eigenvalue weighted by Crippen LogP contribution is 2.30. The van der Waals surface area contributed by atoms with E-state index in [9.17, 15) is 18.4 Å². The van der Waals surface area contributed by atoms with Gasteiger partial charge >= 0.3 is 5.97 Å². The lowest BCUT2D eigenvalue weighted by Gasteiger charge is -2.16. The fourth-order valence-corrected chi connectivity index (χ4v) is 3.48. The van der Waals surface area contributed by atoms with Crippen molar-refractivity contribution in [2.75, 3.05) is 0 Å². The zero-order valence-electron chi connectivity index (χ0n) is 16.0. The third-order valence-electron chi connectivity index (χ3n) is 4.68. The van der Waals surface area contributed by atoms with Crippen LogP contribution in [0, 0.1) is 18.6 Å². The summed E-state index contributed by atoms with van der Waals surface area (Å²) in [4.78, 5) is 25.9. The van der Waals surface area contributed by atoms with Crippen molar-refractivity contribution in [1.82, 2.24) is 4.98 Å². The van der Waals surface area contributed by atoms with E-state index in [1.165, 1.54) is 18.2 Å². The summed E-state index contributed by atoms with van der Waals surface area (Å²) in [6, 6.07) is 9.73. The van der Waals surface area contributed by atoms with Crippen LogP contribution in [-0.4, -0.2) is 16.1 Å². The number of pyridine rings is 1. The number of carboxylic acid groups (broad SMARTS) is 1. The van der Waals surface area contributed by atoms with Gasteiger partial charge in [-0.25, -0.2) is 13.6 Å². The van der Waals surface area contributed by atoms with Crippen LogP contribution in [0.3, 0.4) is 0 Å². The van der Waals surface area contributed by atoms with Gasteiger partial charge in [0.25, 0.3) is 5.56 Å². The van der Waals surface area contributed by atoms with Crippen LogP contribution >= 0.6 is 15.9 Å². The van der Waals surface area contributed by atoms with Crippen LogP contribution in [0.4, 0.5) is 8.78 Å². The number of halogens is 3. The summed E-state index contributed by atoms with van der Waals surface area (Å²) in [6.07, 6.45) is 1.06. The van der Waals surface area contributed by atoms with Crippen LogP contribution in [0.1, 0.15) is 32.7 Å². The predicted molar refractivity (Wildman–Crippen MR) is 111 cm³/mol. The molecule has 1 aromatic heterocycles. The zero-order valence-corrected chi connectivity index (χ0v) is 17.6. The Labute approximate surface area is 179 Å². The maximum absolute atomic E-state index is 13.9. The van der Waals surface area contributed by atoms with Gasteiger partial charge in [-0.2, -0.15) is 0 Å². The van der Waals surface area contributed by atoms with Gasteiger partial charge in [0.05, 0.1) is 5.56 Å². The second-order valence-electron chi connectivity index (χ2n) is 6.73. The normalized spacial score (nSPS) is 10.8. The number of hydrogen-bond acceptors (Lipinski definition) is 3. The first-order valence-corrected chi connectivity index (χ1v) is 9.85. The van der Waals surface area contributed by atoms with Gasteiger partial charge in [-0.15, -0.1) is 0 Å². The molecule has 3 rings (SSSR count). The highest BCUT2D eigenvalue weighted by atomic mass is 79.9. The van der Waals surface area contributed by atoms with E-state index in [1.807, 2.05) is 0 Å². The molecule has 8 heteroatoms. The quantitative estimate of drug-likeness (QED) is 0.512. The molecule has 0 aliphatic heterocycles. The number of rotatable bonds is 7. The van der Waals surface area contributed by atoms with E-state index in [1.54, 1.807) is 19.1 Å². The van der Waals surface area contributed by atoms with Gasteiger partial charge < -0.3 is 14.8 Å². The standard InChI is InChI=1S/C22H18BrF2NO4/c1-12-17(9-4-13-2-5-14(6-3-13)22(28)29)20(19(23)21(27)26-12)30-11-15-7-8-16(24)10-18(15)25/h2-3,5-8,10H,4,9,11H2,1H3,(H,26,27)(H,28,29). The van der Waals surface area contributed by atoms with E-state index in [0.717, 1.165) is 23.3 Å². The first-order valence-electron chi connectivity index (χ1n) is 9.06. The smallest absolute Gasteiger partial charge is 0.335 e. The second kappa shape index (κ2) is 9.21. The Morgan fingerprint density at radius 2 is 1.83 bits per heavy atom. The molecule has 156 valence electrons. The minimum Gasteiger partial charge on any atom is -0.487 e. The number of H-pyrrole nitrogens is 1. The average molecular weight is 478 g/mol. The van der Waals surface area contributed by atoms with Crippen molar-refractivity contribution in [2.45, 2.75) is 26.4 Å². The molecule has 0 saturated heterocycles. The first-order chi connectivity index (χ1) is 14.3. The topological polar surface area (TPSA) is 79.4 Å². The summed E-state index contributed by atoms with van der Waals surface area (Å²) >= 11 is 3.23. The Kier molecular flexibility index (Phi) is 6.66. The van der Waals surface area contributed by atoms with Gasteiger partial charge in [0.15, 0.2) is 0 Å². The van der Waals surface area contributed by atoms with E-state index in [0.29, 0.717) is 24.3 Å². The number of carboxylic acids is 1. The molecule has 30 heavy (non-hydrogen) atoms. The Balaban J connectivity index is 1.84. The van der Waals surface area contributed by atoms with Gasteiger partial charge in [-0.3, -0.25) is 4.79 Å². The maximum atomic E-state index is 13.9. The summed E-state index contributed by atoms with van der Waals surface area (Å²) in [5.41, 5.74) is 2.24. The van der Waals surface area contributed by atoms with Crippen LogP contribution in [0.25, 0.3) is 0 Å². The summed E-state index contributed by atoms with van der Waals surface area (Å²) in [5.74, 6) is -2.11. The third kappa shape index (κ3) is 4.94. The van der Waals surface area contributed by atoms with E-state index in [-0.39, 0.29) is 27.8 Å². The molecule has 0 aliphatic carbocycles. The van der Waals surface area contributed by atoms with Crippen LogP contribution in [-0.2, 0) is 19.4 Å². The van der Waals surface area contributed by atoms with Gasteiger partial charge in [0, 0.05) is 22.9 Å². The predicted octanol–water partition coefficient (Wildman–Crippen LogP) is 4.79. The minimum absolute atomic E-state index is 0.163. The molecule has 2 N–H and O–H groups in total. The van der Waals surface area contributed by atoms with Crippen LogP contribution < -0.4 is 10.3 Å². The molecule has 0 spiro atoms. The minimum atomic E-state index is -0.995. The van der Waals surface area contributed by atoms with Gasteiger partial charge in [-0.1, -0.05) is 12.1 Å². The molecular formula is C22H18BrF2NO4. The Morgan fingerprint density at radius 1 is 1.13 bits per heavy atom. The molecule has 0 saturated carbocycles. The summed E-state index contributed by atoms with van der Waals surface area (Å²) in [7, 11) is 0. The summed E-state index contributed by atoms with van der Waals surface area (Å²) in [5, 5.41) is 9.00. The van der Waals surface area contributed by atoms with Gasteiger partial charge in [0.2, 0.25) is 0 Å². The number of ether oxygens (including phenoxy) is 1. The van der Waals surface area contributed by atoms with Crippen molar-refractivity contribution in [1.29, 1.82) is 0 Å². The molecule has 0 atom stereocenters. The van der Waals surface area contributed by atoms with Crippen LogP contribution in [0.2, 0.25) is 0 Å². The summed E-state index contributed by atoms with van der Waals surface area (Å²) < 4.78 is 33.0. The Hall–Kier alpha value is -3.00. The number of aromatic nitrogens is 1. The molecule has 0 radical (unpaired) electrons. The molecule has 0 fully saturated rings. The highest BCUT2D eigenvalue weighted by Gasteiger charge is 2.17. The van der Waals surface area contributed by atoms with Gasteiger partial charge in [0.1, 0.15) is 28.5 Å². The largest absolute Gasteiger partial charge is 0.487 e. The summed E-state index contributed by atoms with van der Waals surface area (Å²) in [6.45, 7) is 1.57.